The monoisotopic (exact) mass is 720 g/mol. The summed E-state index contributed by atoms with van der Waals surface area (Å²) in [4.78, 5) is 22.8. The van der Waals surface area contributed by atoms with Crippen molar-refractivity contribution >= 4 is 13.7 Å². The molecule has 0 saturated carbocycles. The summed E-state index contributed by atoms with van der Waals surface area (Å²) < 4.78 is 23.3. The van der Waals surface area contributed by atoms with Gasteiger partial charge in [0.05, 0.1) is 39.9 Å². The van der Waals surface area contributed by atoms with E-state index in [1.807, 2.05) is 21.1 Å². The number of carbonyl (C=O) groups excluding carboxylic acids is 1. The third-order valence-electron chi connectivity index (χ3n) is 7.66. The van der Waals surface area contributed by atoms with Crippen molar-refractivity contribution in [3.05, 3.63) is 85.1 Å². The Labute approximate surface area is 306 Å². The number of allylic oxidation sites excluding steroid dienone is 14. The first-order chi connectivity index (χ1) is 24.0. The van der Waals surface area contributed by atoms with Gasteiger partial charge >= 0.3 is 7.82 Å². The van der Waals surface area contributed by atoms with Gasteiger partial charge in [-0.05, 0) is 64.2 Å². The number of aliphatic hydroxyl groups excluding tert-OH is 1. The molecule has 0 aliphatic carbocycles. The van der Waals surface area contributed by atoms with Crippen LogP contribution in [0.4, 0.5) is 0 Å². The van der Waals surface area contributed by atoms with Crippen molar-refractivity contribution in [3.63, 3.8) is 0 Å². The second kappa shape index (κ2) is 32.6. The number of hydrogen-bond donors (Lipinski definition) is 3. The number of unbranched alkanes of at least 4 members (excludes halogenated alkanes) is 5. The van der Waals surface area contributed by atoms with Gasteiger partial charge in [0.25, 0.3) is 0 Å². The zero-order valence-corrected chi connectivity index (χ0v) is 33.0. The van der Waals surface area contributed by atoms with Crippen LogP contribution in [0.2, 0.25) is 0 Å². The molecule has 0 rings (SSSR count). The lowest BCUT2D eigenvalue weighted by Gasteiger charge is -2.26. The van der Waals surface area contributed by atoms with E-state index < -0.39 is 20.0 Å². The molecular weight excluding hydrogens is 647 g/mol. The minimum Gasteiger partial charge on any atom is -0.391 e. The van der Waals surface area contributed by atoms with Crippen molar-refractivity contribution < 1.29 is 32.9 Å². The minimum absolute atomic E-state index is 0.0574. The molecule has 0 aromatic carbocycles. The van der Waals surface area contributed by atoms with Crippen molar-refractivity contribution in [2.24, 2.45) is 0 Å². The zero-order valence-electron chi connectivity index (χ0n) is 32.1. The molecule has 9 heteroatoms. The van der Waals surface area contributed by atoms with Crippen molar-refractivity contribution in [3.8, 4) is 0 Å². The molecule has 8 nitrogen and oxygen atoms in total. The van der Waals surface area contributed by atoms with Gasteiger partial charge in [-0.3, -0.25) is 13.8 Å². The minimum atomic E-state index is -4.32. The zero-order chi connectivity index (χ0) is 37.2. The number of phosphoric acid groups is 1. The molecule has 0 aromatic rings. The summed E-state index contributed by atoms with van der Waals surface area (Å²) in [7, 11) is 1.55. The van der Waals surface area contributed by atoms with Crippen LogP contribution in [0.15, 0.2) is 85.1 Å². The summed E-state index contributed by atoms with van der Waals surface area (Å²) in [5, 5.41) is 13.6. The van der Waals surface area contributed by atoms with E-state index in [0.29, 0.717) is 30.3 Å². The predicted octanol–water partition coefficient (Wildman–Crippen LogP) is 9.85. The molecule has 0 aliphatic heterocycles. The maximum absolute atomic E-state index is 12.7. The van der Waals surface area contributed by atoms with E-state index in [0.717, 1.165) is 83.5 Å². The fourth-order valence-electron chi connectivity index (χ4n) is 4.62. The molecule has 3 atom stereocenters. The van der Waals surface area contributed by atoms with Gasteiger partial charge in [0.2, 0.25) is 5.91 Å². The summed E-state index contributed by atoms with van der Waals surface area (Å²) in [6, 6.07) is -0.792. The Kier molecular flexibility index (Phi) is 31.1. The lowest BCUT2D eigenvalue weighted by molar-refractivity contribution is -0.870. The highest BCUT2D eigenvalue weighted by molar-refractivity contribution is 7.47. The van der Waals surface area contributed by atoms with Gasteiger partial charge in [-0.15, -0.1) is 0 Å². The van der Waals surface area contributed by atoms with Crippen LogP contribution in [0.5, 0.6) is 0 Å². The van der Waals surface area contributed by atoms with Gasteiger partial charge in [-0.1, -0.05) is 131 Å². The Morgan fingerprint density at radius 3 is 1.66 bits per heavy atom. The molecule has 3 unspecified atom stereocenters. The fraction of sp³-hybridized carbons (Fsp3) is 0.634. The van der Waals surface area contributed by atoms with Crippen LogP contribution in [0, 0.1) is 0 Å². The number of likely N-dealkylation sites (N-methyl/N-ethyl adjacent to an activating group) is 1. The van der Waals surface area contributed by atoms with E-state index in [1.54, 1.807) is 0 Å². The average Bonchev–Trinajstić information content (AvgIpc) is 3.06. The largest absolute Gasteiger partial charge is 0.472 e. The van der Waals surface area contributed by atoms with Crippen molar-refractivity contribution in [1.82, 2.24) is 5.32 Å². The summed E-state index contributed by atoms with van der Waals surface area (Å²) in [6.07, 6.45) is 43.7. The van der Waals surface area contributed by atoms with Crippen LogP contribution in [0.25, 0.3) is 0 Å². The van der Waals surface area contributed by atoms with Crippen LogP contribution >= 0.6 is 7.82 Å². The SMILES string of the molecule is CC/C=C\C/C=C\C/C=C\C/C=C\C/C=C\C/C=C\C/C=C\CCCC(=O)NC(COP(=O)(O)OCC[N+](C)(C)C)C(O)CCCCCCC. The summed E-state index contributed by atoms with van der Waals surface area (Å²) in [6.45, 7) is 4.59. The van der Waals surface area contributed by atoms with Crippen molar-refractivity contribution in [2.45, 2.75) is 129 Å². The number of carbonyl (C=O) groups is 1. The lowest BCUT2D eigenvalue weighted by Crippen LogP contribution is -2.46. The smallest absolute Gasteiger partial charge is 0.391 e. The standard InChI is InChI=1S/C41H71N2O6P/c1-6-8-10-12-13-14-15-16-17-18-19-20-21-22-23-24-25-26-27-28-29-31-33-35-41(45)42-39(40(44)34-32-30-11-9-7-2)38-49-50(46,47)48-37-36-43(3,4)5/h8,10,13-14,16-17,19-20,22-23,25-26,28-29,39-40,44H,6-7,9,11-12,15,18,21,24,27,30-38H2,1-5H3,(H-,42,45,46,47)/p+1/b10-8-,14-13-,17-16-,20-19-,23-22-,26-25-,29-28-. The Morgan fingerprint density at radius 2 is 1.18 bits per heavy atom. The number of nitrogens with one attached hydrogen (secondary N) is 1. The van der Waals surface area contributed by atoms with Crippen LogP contribution in [0.1, 0.15) is 117 Å². The predicted molar refractivity (Wildman–Crippen MR) is 212 cm³/mol. The quantitative estimate of drug-likeness (QED) is 0.0277. The van der Waals surface area contributed by atoms with E-state index in [1.165, 1.54) is 0 Å². The number of rotatable bonds is 32. The second-order valence-corrected chi connectivity index (χ2v) is 15.0. The number of nitrogens with zero attached hydrogens (tertiary/aromatic N) is 1. The third kappa shape index (κ3) is 34.1. The van der Waals surface area contributed by atoms with Gasteiger partial charge in [-0.2, -0.15) is 0 Å². The molecule has 0 aromatic heterocycles. The number of aliphatic hydroxyl groups is 1. The molecule has 0 bridgehead atoms. The molecule has 286 valence electrons. The summed E-state index contributed by atoms with van der Waals surface area (Å²) >= 11 is 0. The van der Waals surface area contributed by atoms with Gasteiger partial charge < -0.3 is 19.8 Å². The molecule has 0 saturated heterocycles. The van der Waals surface area contributed by atoms with E-state index >= 15 is 0 Å². The van der Waals surface area contributed by atoms with Crippen LogP contribution < -0.4 is 5.32 Å². The maximum Gasteiger partial charge on any atom is 0.472 e. The molecule has 50 heavy (non-hydrogen) atoms. The Balaban J connectivity index is 4.36. The molecule has 0 spiro atoms. The molecule has 0 aliphatic rings. The summed E-state index contributed by atoms with van der Waals surface area (Å²) in [5.74, 6) is -0.215. The van der Waals surface area contributed by atoms with Crippen LogP contribution in [0.3, 0.4) is 0 Å². The molecule has 0 heterocycles. The normalized spacial score (nSPS) is 15.6. The highest BCUT2D eigenvalue weighted by Gasteiger charge is 2.28. The average molecular weight is 720 g/mol. The van der Waals surface area contributed by atoms with Crippen molar-refractivity contribution in [2.75, 3.05) is 40.9 Å². The van der Waals surface area contributed by atoms with Crippen molar-refractivity contribution in [1.29, 1.82) is 0 Å². The number of phosphoric ester groups is 1. The number of quaternary nitrogens is 1. The molecule has 1 amide bonds. The first-order valence-corrected chi connectivity index (χ1v) is 20.4. The first-order valence-electron chi connectivity index (χ1n) is 19.0. The van der Waals surface area contributed by atoms with E-state index in [4.69, 9.17) is 9.05 Å². The van der Waals surface area contributed by atoms with Crippen LogP contribution in [-0.4, -0.2) is 73.4 Å². The van der Waals surface area contributed by atoms with Gasteiger partial charge in [0.15, 0.2) is 0 Å². The summed E-state index contributed by atoms with van der Waals surface area (Å²) in [5.41, 5.74) is 0. The Hall–Kier alpha value is -2.32. The molecule has 0 fully saturated rings. The van der Waals surface area contributed by atoms with Gasteiger partial charge in [0.1, 0.15) is 13.2 Å². The van der Waals surface area contributed by atoms with E-state index in [9.17, 15) is 19.4 Å². The molecular formula is C41H72N2O6P+. The molecule has 3 N–H and O–H groups in total. The Morgan fingerprint density at radius 1 is 0.700 bits per heavy atom. The first kappa shape index (κ1) is 47.7. The third-order valence-corrected chi connectivity index (χ3v) is 8.64. The molecule has 0 radical (unpaired) electrons. The number of hydrogen-bond acceptors (Lipinski definition) is 5. The van der Waals surface area contributed by atoms with Crippen LogP contribution in [-0.2, 0) is 18.4 Å². The highest BCUT2D eigenvalue weighted by atomic mass is 31.2. The number of amides is 1. The lowest BCUT2D eigenvalue weighted by atomic mass is 10.0. The van der Waals surface area contributed by atoms with E-state index in [2.05, 4.69) is 104 Å². The maximum atomic E-state index is 12.7. The van der Waals surface area contributed by atoms with Gasteiger partial charge in [0, 0.05) is 6.42 Å². The van der Waals surface area contributed by atoms with Gasteiger partial charge in [-0.25, -0.2) is 4.57 Å². The highest BCUT2D eigenvalue weighted by Crippen LogP contribution is 2.43. The second-order valence-electron chi connectivity index (χ2n) is 13.6. The fourth-order valence-corrected chi connectivity index (χ4v) is 5.35. The Bertz CT molecular complexity index is 1090. The topological polar surface area (TPSA) is 105 Å². The van der Waals surface area contributed by atoms with E-state index in [-0.39, 0.29) is 19.1 Å².